The highest BCUT2D eigenvalue weighted by Gasteiger charge is 2.06. The standard InChI is InChI=1S/C15H15FN2O2/c1-10-5-11(2)7-13(6-10)17-14(19)9-18-8-12(16)3-4-15(18)20/h3-8H,9H2,1-2H3,(H,17,19). The Bertz CT molecular complexity index is 687. The number of pyridine rings is 1. The van der Waals surface area contributed by atoms with Crippen molar-refractivity contribution in [2.45, 2.75) is 20.4 Å². The molecule has 0 spiro atoms. The molecular formula is C15H15FN2O2. The van der Waals surface area contributed by atoms with E-state index >= 15 is 0 Å². The van der Waals surface area contributed by atoms with Crippen LogP contribution in [-0.2, 0) is 11.3 Å². The summed E-state index contributed by atoms with van der Waals surface area (Å²) in [7, 11) is 0. The molecule has 1 aromatic heterocycles. The van der Waals surface area contributed by atoms with Gasteiger partial charge in [0.05, 0.1) is 0 Å². The topological polar surface area (TPSA) is 51.1 Å². The number of nitrogens with zero attached hydrogens (tertiary/aromatic N) is 1. The van der Waals surface area contributed by atoms with Crippen molar-refractivity contribution in [2.75, 3.05) is 5.32 Å². The van der Waals surface area contributed by atoms with E-state index in [1.807, 2.05) is 32.0 Å². The van der Waals surface area contributed by atoms with Gasteiger partial charge >= 0.3 is 0 Å². The Morgan fingerprint density at radius 3 is 2.50 bits per heavy atom. The summed E-state index contributed by atoms with van der Waals surface area (Å²) in [6.45, 7) is 3.64. The van der Waals surface area contributed by atoms with Crippen LogP contribution in [0.1, 0.15) is 11.1 Å². The number of hydrogen-bond donors (Lipinski definition) is 1. The number of halogens is 1. The molecule has 4 nitrogen and oxygen atoms in total. The molecule has 0 aliphatic heterocycles. The third kappa shape index (κ3) is 3.54. The van der Waals surface area contributed by atoms with Crippen molar-refractivity contribution in [2.24, 2.45) is 0 Å². The molecule has 0 atom stereocenters. The van der Waals surface area contributed by atoms with Crippen LogP contribution in [0.3, 0.4) is 0 Å². The second-order valence-electron chi connectivity index (χ2n) is 4.74. The second-order valence-corrected chi connectivity index (χ2v) is 4.74. The van der Waals surface area contributed by atoms with Gasteiger partial charge in [-0.05, 0) is 43.2 Å². The van der Waals surface area contributed by atoms with E-state index in [0.717, 1.165) is 34.0 Å². The summed E-state index contributed by atoms with van der Waals surface area (Å²) in [6.07, 6.45) is 1.02. The predicted molar refractivity (Wildman–Crippen MR) is 75.2 cm³/mol. The molecule has 1 aromatic carbocycles. The van der Waals surface area contributed by atoms with Crippen LogP contribution >= 0.6 is 0 Å². The molecule has 0 saturated carbocycles. The van der Waals surface area contributed by atoms with E-state index in [-0.39, 0.29) is 12.5 Å². The summed E-state index contributed by atoms with van der Waals surface area (Å²) in [5, 5.41) is 2.70. The minimum atomic E-state index is -0.552. The van der Waals surface area contributed by atoms with Gasteiger partial charge in [-0.1, -0.05) is 6.07 Å². The van der Waals surface area contributed by atoms with Gasteiger partial charge < -0.3 is 9.88 Å². The number of benzene rings is 1. The third-order valence-corrected chi connectivity index (χ3v) is 2.77. The first-order valence-electron chi connectivity index (χ1n) is 6.18. The highest BCUT2D eigenvalue weighted by atomic mass is 19.1. The highest BCUT2D eigenvalue weighted by Crippen LogP contribution is 2.13. The number of nitrogens with one attached hydrogen (secondary N) is 1. The predicted octanol–water partition coefficient (Wildman–Crippen LogP) is 2.24. The minimum Gasteiger partial charge on any atom is -0.325 e. The van der Waals surface area contributed by atoms with E-state index in [1.165, 1.54) is 0 Å². The summed E-state index contributed by atoms with van der Waals surface area (Å²) in [4.78, 5) is 23.4. The third-order valence-electron chi connectivity index (χ3n) is 2.77. The number of hydrogen-bond acceptors (Lipinski definition) is 2. The number of anilines is 1. The lowest BCUT2D eigenvalue weighted by atomic mass is 10.1. The van der Waals surface area contributed by atoms with Gasteiger partial charge in [0.25, 0.3) is 5.56 Å². The van der Waals surface area contributed by atoms with Crippen LogP contribution < -0.4 is 10.9 Å². The first-order chi connectivity index (χ1) is 9.44. The zero-order chi connectivity index (χ0) is 14.7. The minimum absolute atomic E-state index is 0.219. The quantitative estimate of drug-likeness (QED) is 0.933. The van der Waals surface area contributed by atoms with Crippen LogP contribution in [0.25, 0.3) is 0 Å². The molecule has 1 heterocycles. The van der Waals surface area contributed by atoms with Gasteiger partial charge in [-0.2, -0.15) is 0 Å². The van der Waals surface area contributed by atoms with Crippen molar-refractivity contribution in [3.8, 4) is 0 Å². The van der Waals surface area contributed by atoms with Crippen molar-refractivity contribution in [1.29, 1.82) is 0 Å². The number of aryl methyl sites for hydroxylation is 2. The van der Waals surface area contributed by atoms with Crippen molar-refractivity contribution >= 4 is 11.6 Å². The Morgan fingerprint density at radius 2 is 1.85 bits per heavy atom. The fraction of sp³-hybridized carbons (Fsp3) is 0.200. The molecule has 0 aliphatic rings. The van der Waals surface area contributed by atoms with Gasteiger partial charge in [-0.15, -0.1) is 0 Å². The monoisotopic (exact) mass is 274 g/mol. The van der Waals surface area contributed by atoms with Crippen LogP contribution in [0, 0.1) is 19.7 Å². The van der Waals surface area contributed by atoms with Crippen LogP contribution in [0.2, 0.25) is 0 Å². The molecule has 2 rings (SSSR count). The van der Waals surface area contributed by atoms with E-state index in [0.29, 0.717) is 5.69 Å². The largest absolute Gasteiger partial charge is 0.325 e. The average molecular weight is 274 g/mol. The Hall–Kier alpha value is -2.43. The normalized spacial score (nSPS) is 10.3. The maximum atomic E-state index is 13.0. The van der Waals surface area contributed by atoms with E-state index in [2.05, 4.69) is 5.32 Å². The molecule has 1 amide bonds. The molecule has 0 unspecified atom stereocenters. The summed E-state index contributed by atoms with van der Waals surface area (Å²) >= 11 is 0. The van der Waals surface area contributed by atoms with E-state index in [4.69, 9.17) is 0 Å². The SMILES string of the molecule is Cc1cc(C)cc(NC(=O)Cn2cc(F)ccc2=O)c1. The van der Waals surface area contributed by atoms with E-state index < -0.39 is 11.4 Å². The number of carbonyl (C=O) groups excluding carboxylic acids is 1. The first kappa shape index (κ1) is 14.0. The molecule has 0 aliphatic carbocycles. The van der Waals surface area contributed by atoms with Gasteiger partial charge in [0, 0.05) is 18.0 Å². The fourth-order valence-corrected chi connectivity index (χ4v) is 2.03. The lowest BCUT2D eigenvalue weighted by Gasteiger charge is -2.09. The van der Waals surface area contributed by atoms with Crippen LogP contribution in [-0.4, -0.2) is 10.5 Å². The summed E-state index contributed by atoms with van der Waals surface area (Å²) in [5.74, 6) is -0.925. The average Bonchev–Trinajstić information content (AvgIpc) is 2.32. The summed E-state index contributed by atoms with van der Waals surface area (Å²) in [5.41, 5.74) is 2.31. The molecule has 0 saturated heterocycles. The molecule has 20 heavy (non-hydrogen) atoms. The van der Waals surface area contributed by atoms with Crippen LogP contribution in [0.5, 0.6) is 0 Å². The number of rotatable bonds is 3. The second kappa shape index (κ2) is 5.69. The molecule has 1 N–H and O–H groups in total. The first-order valence-corrected chi connectivity index (χ1v) is 6.18. The van der Waals surface area contributed by atoms with Gasteiger partial charge in [0.15, 0.2) is 0 Å². The molecule has 2 aromatic rings. The molecule has 0 radical (unpaired) electrons. The van der Waals surface area contributed by atoms with Crippen molar-refractivity contribution < 1.29 is 9.18 Å². The Kier molecular flexibility index (Phi) is 3.98. The van der Waals surface area contributed by atoms with E-state index in [9.17, 15) is 14.0 Å². The van der Waals surface area contributed by atoms with E-state index in [1.54, 1.807) is 0 Å². The highest BCUT2D eigenvalue weighted by molar-refractivity contribution is 5.90. The van der Waals surface area contributed by atoms with Gasteiger partial charge in [-0.3, -0.25) is 9.59 Å². The van der Waals surface area contributed by atoms with Crippen LogP contribution in [0.4, 0.5) is 10.1 Å². The molecule has 0 bridgehead atoms. The Morgan fingerprint density at radius 1 is 1.20 bits per heavy atom. The van der Waals surface area contributed by atoms with Crippen molar-refractivity contribution in [1.82, 2.24) is 4.57 Å². The molecular weight excluding hydrogens is 259 g/mol. The van der Waals surface area contributed by atoms with Crippen molar-refractivity contribution in [3.63, 3.8) is 0 Å². The van der Waals surface area contributed by atoms with Gasteiger partial charge in [0.1, 0.15) is 12.4 Å². The molecule has 5 heteroatoms. The maximum Gasteiger partial charge on any atom is 0.251 e. The smallest absolute Gasteiger partial charge is 0.251 e. The fourth-order valence-electron chi connectivity index (χ4n) is 2.03. The van der Waals surface area contributed by atoms with Gasteiger partial charge in [0.2, 0.25) is 5.91 Å². The number of aromatic nitrogens is 1. The molecule has 0 fully saturated rings. The Balaban J connectivity index is 2.13. The maximum absolute atomic E-state index is 13.0. The Labute approximate surface area is 115 Å². The summed E-state index contributed by atoms with van der Waals surface area (Å²) < 4.78 is 14.1. The zero-order valence-electron chi connectivity index (χ0n) is 11.3. The lowest BCUT2D eigenvalue weighted by Crippen LogP contribution is -2.27. The van der Waals surface area contributed by atoms with Gasteiger partial charge in [-0.25, -0.2) is 4.39 Å². The van der Waals surface area contributed by atoms with Crippen LogP contribution in [0.15, 0.2) is 41.3 Å². The lowest BCUT2D eigenvalue weighted by molar-refractivity contribution is -0.116. The molecule has 104 valence electrons. The van der Waals surface area contributed by atoms with Crippen molar-refractivity contribution in [3.05, 3.63) is 63.8 Å². The number of amides is 1. The zero-order valence-corrected chi connectivity index (χ0v) is 11.3. The summed E-state index contributed by atoms with van der Waals surface area (Å²) in [6, 6.07) is 7.82. The number of carbonyl (C=O) groups is 1.